The molecular weight excluding hydrogens is 320 g/mol. The predicted molar refractivity (Wildman–Crippen MR) is 96.3 cm³/mol. The Bertz CT molecular complexity index is 889. The van der Waals surface area contributed by atoms with E-state index in [2.05, 4.69) is 34.1 Å². The van der Waals surface area contributed by atoms with Crippen LogP contribution in [0.5, 0.6) is 0 Å². The Balaban J connectivity index is 1.55. The minimum absolute atomic E-state index is 0.00886. The zero-order valence-electron chi connectivity index (χ0n) is 13.3. The molecule has 2 aromatic heterocycles. The molecule has 0 spiro atoms. The number of hydrogen-bond donors (Lipinski definition) is 1. The molecule has 4 rings (SSSR count). The molecule has 5 nitrogen and oxygen atoms in total. The summed E-state index contributed by atoms with van der Waals surface area (Å²) in [5.41, 5.74) is 8.18. The number of rotatable bonds is 4. The Labute approximate surface area is 144 Å². The van der Waals surface area contributed by atoms with E-state index in [1.807, 2.05) is 11.4 Å². The summed E-state index contributed by atoms with van der Waals surface area (Å²) in [7, 11) is 0. The normalized spacial score (nSPS) is 21.5. The molecule has 1 aliphatic heterocycles. The molecule has 0 unspecified atom stereocenters. The van der Waals surface area contributed by atoms with Gasteiger partial charge >= 0.3 is 0 Å². The van der Waals surface area contributed by atoms with Crippen molar-refractivity contribution in [1.29, 1.82) is 0 Å². The summed E-state index contributed by atoms with van der Waals surface area (Å²) in [6, 6.07) is 12.2. The minimum Gasteiger partial charge on any atom is -0.330 e. The van der Waals surface area contributed by atoms with Crippen molar-refractivity contribution in [3.63, 3.8) is 0 Å². The molecule has 124 valence electrons. The van der Waals surface area contributed by atoms with E-state index >= 15 is 0 Å². The maximum absolute atomic E-state index is 12.1. The second-order valence-corrected chi connectivity index (χ2v) is 7.22. The fourth-order valence-electron chi connectivity index (χ4n) is 3.60. The Morgan fingerprint density at radius 3 is 2.88 bits per heavy atom. The van der Waals surface area contributed by atoms with Gasteiger partial charge in [-0.05, 0) is 18.0 Å². The highest BCUT2D eigenvalue weighted by molar-refractivity contribution is 7.15. The Morgan fingerprint density at radius 1 is 1.25 bits per heavy atom. The lowest BCUT2D eigenvalue weighted by molar-refractivity contribution is 0.313. The van der Waals surface area contributed by atoms with Gasteiger partial charge in [-0.15, -0.1) is 11.3 Å². The number of hydrogen-bond acceptors (Lipinski definition) is 5. The van der Waals surface area contributed by atoms with E-state index in [0.29, 0.717) is 24.9 Å². The molecule has 2 atom stereocenters. The molecular formula is C18H20N4OS. The average Bonchev–Trinajstić information content (AvgIpc) is 3.22. The third-order valence-electron chi connectivity index (χ3n) is 4.79. The fourth-order valence-corrected chi connectivity index (χ4v) is 4.34. The van der Waals surface area contributed by atoms with E-state index in [9.17, 15) is 4.79 Å². The number of nitrogens with two attached hydrogens (primary N) is 1. The van der Waals surface area contributed by atoms with Gasteiger partial charge in [0.15, 0.2) is 4.96 Å². The Hall–Kier alpha value is -2.02. The highest BCUT2D eigenvalue weighted by Gasteiger charge is 2.32. The van der Waals surface area contributed by atoms with Crippen LogP contribution in [-0.2, 0) is 6.54 Å². The minimum atomic E-state index is -0.00886. The highest BCUT2D eigenvalue weighted by Crippen LogP contribution is 2.32. The largest absolute Gasteiger partial charge is 0.330 e. The molecule has 0 amide bonds. The number of nitrogens with zero attached hydrogens (tertiary/aromatic N) is 3. The number of thiazole rings is 1. The number of fused-ring (bicyclic) bond motifs is 1. The van der Waals surface area contributed by atoms with Crippen molar-refractivity contribution in [2.45, 2.75) is 12.5 Å². The standard InChI is InChI=1S/C18H20N4OS/c19-9-14-10-21(12-16(14)13-4-2-1-3-5-13)11-15-8-17(23)22-6-7-24-18(22)20-15/h1-8,14,16H,9-12,19H2/t14-,16+/m1/s1. The summed E-state index contributed by atoms with van der Waals surface area (Å²) in [5, 5.41) is 1.89. The van der Waals surface area contributed by atoms with Crippen molar-refractivity contribution in [2.75, 3.05) is 19.6 Å². The van der Waals surface area contributed by atoms with Crippen LogP contribution < -0.4 is 11.3 Å². The van der Waals surface area contributed by atoms with Crippen LogP contribution in [-0.4, -0.2) is 33.9 Å². The lowest BCUT2D eigenvalue weighted by Gasteiger charge is -2.16. The first-order valence-corrected chi connectivity index (χ1v) is 9.05. The van der Waals surface area contributed by atoms with Crippen molar-refractivity contribution in [2.24, 2.45) is 11.7 Å². The summed E-state index contributed by atoms with van der Waals surface area (Å²) in [6.07, 6.45) is 1.77. The first-order valence-electron chi connectivity index (χ1n) is 8.18. The Morgan fingerprint density at radius 2 is 2.08 bits per heavy atom. The summed E-state index contributed by atoms with van der Waals surface area (Å²) in [6.45, 7) is 3.28. The zero-order valence-corrected chi connectivity index (χ0v) is 14.2. The lowest BCUT2D eigenvalue weighted by atomic mass is 9.89. The first kappa shape index (κ1) is 15.5. The zero-order chi connectivity index (χ0) is 16.5. The van der Waals surface area contributed by atoms with E-state index < -0.39 is 0 Å². The molecule has 24 heavy (non-hydrogen) atoms. The maximum atomic E-state index is 12.1. The molecule has 0 bridgehead atoms. The molecule has 3 heterocycles. The van der Waals surface area contributed by atoms with Crippen LogP contribution in [0.4, 0.5) is 0 Å². The third-order valence-corrected chi connectivity index (χ3v) is 5.55. The van der Waals surface area contributed by atoms with Crippen LogP contribution in [0.3, 0.4) is 0 Å². The molecule has 3 aromatic rings. The molecule has 2 N–H and O–H groups in total. The fraction of sp³-hybridized carbons (Fsp3) is 0.333. The summed E-state index contributed by atoms with van der Waals surface area (Å²) in [5.74, 6) is 0.890. The number of aromatic nitrogens is 2. The van der Waals surface area contributed by atoms with Gasteiger partial charge in [0.1, 0.15) is 0 Å². The van der Waals surface area contributed by atoms with Gasteiger partial charge in [0.2, 0.25) is 0 Å². The van der Waals surface area contributed by atoms with Gasteiger partial charge in [-0.25, -0.2) is 4.98 Å². The van der Waals surface area contributed by atoms with Crippen LogP contribution in [0.1, 0.15) is 17.2 Å². The van der Waals surface area contributed by atoms with E-state index in [4.69, 9.17) is 5.73 Å². The van der Waals surface area contributed by atoms with Crippen molar-refractivity contribution < 1.29 is 0 Å². The highest BCUT2D eigenvalue weighted by atomic mass is 32.1. The van der Waals surface area contributed by atoms with Crippen molar-refractivity contribution in [3.8, 4) is 0 Å². The molecule has 0 aliphatic carbocycles. The van der Waals surface area contributed by atoms with Gasteiger partial charge in [-0.2, -0.15) is 0 Å². The van der Waals surface area contributed by atoms with E-state index in [1.54, 1.807) is 16.7 Å². The van der Waals surface area contributed by atoms with Gasteiger partial charge in [0.25, 0.3) is 5.56 Å². The molecule has 1 fully saturated rings. The molecule has 1 aromatic carbocycles. The molecule has 6 heteroatoms. The van der Waals surface area contributed by atoms with Crippen LogP contribution in [0.2, 0.25) is 0 Å². The van der Waals surface area contributed by atoms with Crippen molar-refractivity contribution in [1.82, 2.24) is 14.3 Å². The van der Waals surface area contributed by atoms with Crippen molar-refractivity contribution in [3.05, 3.63) is 69.6 Å². The van der Waals surface area contributed by atoms with E-state index in [-0.39, 0.29) is 5.56 Å². The number of likely N-dealkylation sites (tertiary alicyclic amines) is 1. The van der Waals surface area contributed by atoms with E-state index in [0.717, 1.165) is 23.7 Å². The average molecular weight is 340 g/mol. The van der Waals surface area contributed by atoms with Crippen LogP contribution in [0.15, 0.2) is 52.8 Å². The second kappa shape index (κ2) is 6.47. The molecule has 0 radical (unpaired) electrons. The third kappa shape index (κ3) is 2.88. The van der Waals surface area contributed by atoms with Gasteiger partial charge < -0.3 is 5.73 Å². The van der Waals surface area contributed by atoms with Crippen LogP contribution in [0.25, 0.3) is 4.96 Å². The summed E-state index contributed by atoms with van der Waals surface area (Å²) in [4.78, 5) is 19.9. The first-order chi connectivity index (χ1) is 11.7. The van der Waals surface area contributed by atoms with Crippen molar-refractivity contribution >= 4 is 16.3 Å². The molecule has 0 saturated carbocycles. The van der Waals surface area contributed by atoms with Gasteiger partial charge in [-0.3, -0.25) is 14.1 Å². The SMILES string of the molecule is NC[C@@H]1CN(Cc2cc(=O)n3ccsc3n2)C[C@H]1c1ccccc1. The van der Waals surface area contributed by atoms with E-state index in [1.165, 1.54) is 16.9 Å². The molecule has 1 saturated heterocycles. The van der Waals surface area contributed by atoms with Crippen LogP contribution >= 0.6 is 11.3 Å². The molecule has 1 aliphatic rings. The number of benzene rings is 1. The predicted octanol–water partition coefficient (Wildman–Crippen LogP) is 1.93. The lowest BCUT2D eigenvalue weighted by Crippen LogP contribution is -2.24. The Kier molecular flexibility index (Phi) is 4.18. The quantitative estimate of drug-likeness (QED) is 0.788. The summed E-state index contributed by atoms with van der Waals surface area (Å²) >= 11 is 1.49. The monoisotopic (exact) mass is 340 g/mol. The van der Waals surface area contributed by atoms with Gasteiger partial charge in [-0.1, -0.05) is 30.3 Å². The second-order valence-electron chi connectivity index (χ2n) is 6.35. The van der Waals surface area contributed by atoms with Gasteiger partial charge in [0, 0.05) is 43.2 Å². The van der Waals surface area contributed by atoms with Gasteiger partial charge in [0.05, 0.1) is 5.69 Å². The van der Waals surface area contributed by atoms with Crippen LogP contribution in [0, 0.1) is 5.92 Å². The smallest absolute Gasteiger partial charge is 0.258 e. The maximum Gasteiger partial charge on any atom is 0.258 e. The topological polar surface area (TPSA) is 63.6 Å². The summed E-state index contributed by atoms with van der Waals surface area (Å²) < 4.78 is 1.59.